The van der Waals surface area contributed by atoms with Gasteiger partial charge in [0.05, 0.1) is 27.9 Å². The molecule has 0 spiro atoms. The number of hydrogen-bond donors (Lipinski definition) is 2. The van der Waals surface area contributed by atoms with Gasteiger partial charge in [0, 0.05) is 11.3 Å². The van der Waals surface area contributed by atoms with E-state index in [-0.39, 0.29) is 18.3 Å². The number of nitrogens with zero attached hydrogens (tertiary/aromatic N) is 2. The fourth-order valence-corrected chi connectivity index (χ4v) is 2.55. The van der Waals surface area contributed by atoms with Gasteiger partial charge in [0.15, 0.2) is 11.5 Å². The monoisotopic (exact) mass is 402 g/mol. The molecule has 0 radical (unpaired) electrons. The van der Waals surface area contributed by atoms with Crippen molar-refractivity contribution in [2.24, 2.45) is 0 Å². The van der Waals surface area contributed by atoms with Crippen LogP contribution >= 0.6 is 0 Å². The molecule has 9 nitrogen and oxygen atoms in total. The number of anilines is 1. The Morgan fingerprint density at radius 2 is 1.83 bits per heavy atom. The average Bonchev–Trinajstić information content (AvgIpc) is 3.20. The Hall–Kier alpha value is -3.82. The average molecular weight is 402 g/mol. The van der Waals surface area contributed by atoms with Crippen LogP contribution in [-0.2, 0) is 6.54 Å². The molecule has 0 bridgehead atoms. The molecule has 29 heavy (non-hydrogen) atoms. The van der Waals surface area contributed by atoms with Gasteiger partial charge in [-0.15, -0.1) is 0 Å². The molecular weight excluding hydrogens is 383 g/mol. The van der Waals surface area contributed by atoms with Crippen LogP contribution in [0.1, 0.15) is 5.89 Å². The van der Waals surface area contributed by atoms with Gasteiger partial charge in [-0.2, -0.15) is 4.98 Å². The van der Waals surface area contributed by atoms with Crippen molar-refractivity contribution in [3.63, 3.8) is 0 Å². The maximum atomic E-state index is 13.2. The van der Waals surface area contributed by atoms with Crippen LogP contribution in [0.3, 0.4) is 0 Å². The molecule has 0 unspecified atom stereocenters. The minimum atomic E-state index is -0.539. The summed E-state index contributed by atoms with van der Waals surface area (Å²) in [5, 5.41) is 8.97. The number of urea groups is 1. The zero-order valence-electron chi connectivity index (χ0n) is 16.0. The first kappa shape index (κ1) is 19.9. The van der Waals surface area contributed by atoms with E-state index in [1.54, 1.807) is 18.2 Å². The smallest absolute Gasteiger partial charge is 0.319 e. The molecule has 1 heterocycles. The zero-order valence-corrected chi connectivity index (χ0v) is 16.0. The third-order valence-electron chi connectivity index (χ3n) is 3.87. The number of amides is 2. The molecule has 3 aromatic rings. The lowest BCUT2D eigenvalue weighted by Gasteiger charge is -2.12. The Morgan fingerprint density at radius 1 is 1.10 bits per heavy atom. The Bertz CT molecular complexity index is 983. The van der Waals surface area contributed by atoms with Gasteiger partial charge in [-0.25, -0.2) is 9.18 Å². The van der Waals surface area contributed by atoms with E-state index in [9.17, 15) is 9.18 Å². The van der Waals surface area contributed by atoms with E-state index >= 15 is 0 Å². The Morgan fingerprint density at radius 3 is 2.45 bits per heavy atom. The van der Waals surface area contributed by atoms with Gasteiger partial charge in [0.1, 0.15) is 5.82 Å². The van der Waals surface area contributed by atoms with Crippen molar-refractivity contribution >= 4 is 11.7 Å². The number of benzene rings is 2. The van der Waals surface area contributed by atoms with Crippen LogP contribution in [0, 0.1) is 5.82 Å². The third-order valence-corrected chi connectivity index (χ3v) is 3.87. The number of carbonyl (C=O) groups is 1. The lowest BCUT2D eigenvalue weighted by atomic mass is 10.1. The predicted molar refractivity (Wildman–Crippen MR) is 102 cm³/mol. The first-order chi connectivity index (χ1) is 14.0. The molecular formula is C19H19FN4O5. The van der Waals surface area contributed by atoms with Gasteiger partial charge in [-0.1, -0.05) is 11.2 Å². The van der Waals surface area contributed by atoms with Gasteiger partial charge in [0.2, 0.25) is 17.5 Å². The summed E-state index contributed by atoms with van der Waals surface area (Å²) >= 11 is 0. The van der Waals surface area contributed by atoms with Crippen molar-refractivity contribution in [1.29, 1.82) is 0 Å². The molecule has 2 N–H and O–H groups in total. The quantitative estimate of drug-likeness (QED) is 0.625. The molecule has 3 rings (SSSR count). The molecule has 1 aromatic heterocycles. The highest BCUT2D eigenvalue weighted by molar-refractivity contribution is 5.89. The summed E-state index contributed by atoms with van der Waals surface area (Å²) in [6.45, 7) is -0.0153. The van der Waals surface area contributed by atoms with Crippen molar-refractivity contribution in [3.05, 3.63) is 48.1 Å². The molecule has 10 heteroatoms. The van der Waals surface area contributed by atoms with E-state index in [1.807, 2.05) is 0 Å². The van der Waals surface area contributed by atoms with Crippen LogP contribution in [-0.4, -0.2) is 37.5 Å². The number of carbonyl (C=O) groups excluding carboxylic acids is 1. The minimum absolute atomic E-state index is 0.0153. The van der Waals surface area contributed by atoms with Gasteiger partial charge >= 0.3 is 6.03 Å². The van der Waals surface area contributed by atoms with Crippen LogP contribution in [0.25, 0.3) is 11.4 Å². The molecule has 0 saturated carbocycles. The highest BCUT2D eigenvalue weighted by Crippen LogP contribution is 2.40. The number of aromatic nitrogens is 2. The van der Waals surface area contributed by atoms with E-state index in [0.29, 0.717) is 28.5 Å². The van der Waals surface area contributed by atoms with Crippen LogP contribution < -0.4 is 24.8 Å². The molecule has 2 aromatic carbocycles. The van der Waals surface area contributed by atoms with Gasteiger partial charge in [-0.05, 0) is 30.3 Å². The molecule has 0 atom stereocenters. The SMILES string of the molecule is COc1cc(-c2noc(CNC(=O)Nc3cccc(F)c3)n2)cc(OC)c1OC. The van der Waals surface area contributed by atoms with E-state index in [4.69, 9.17) is 18.7 Å². The van der Waals surface area contributed by atoms with Gasteiger partial charge in [0.25, 0.3) is 0 Å². The van der Waals surface area contributed by atoms with E-state index in [1.165, 1.54) is 39.5 Å². The van der Waals surface area contributed by atoms with Crippen LogP contribution in [0.5, 0.6) is 17.2 Å². The van der Waals surface area contributed by atoms with Gasteiger partial charge < -0.3 is 29.4 Å². The van der Waals surface area contributed by atoms with Crippen molar-refractivity contribution in [2.75, 3.05) is 26.6 Å². The first-order valence-corrected chi connectivity index (χ1v) is 8.47. The highest BCUT2D eigenvalue weighted by atomic mass is 19.1. The Kier molecular flexibility index (Phi) is 6.12. The van der Waals surface area contributed by atoms with Gasteiger partial charge in [-0.3, -0.25) is 0 Å². The molecule has 152 valence electrons. The summed E-state index contributed by atoms with van der Waals surface area (Å²) in [5.74, 6) is 1.35. The second kappa shape index (κ2) is 8.91. The predicted octanol–water partition coefficient (Wildman–Crippen LogP) is 3.22. The maximum Gasteiger partial charge on any atom is 0.319 e. The molecule has 2 amide bonds. The topological polar surface area (TPSA) is 108 Å². The van der Waals surface area contributed by atoms with E-state index in [0.717, 1.165) is 0 Å². The van der Waals surface area contributed by atoms with Crippen molar-refractivity contribution < 1.29 is 27.9 Å². The standard InChI is InChI=1S/C19H19FN4O5/c1-26-14-7-11(8-15(27-2)17(14)28-3)18-23-16(29-24-18)10-21-19(25)22-13-6-4-5-12(20)9-13/h4-9H,10H2,1-3H3,(H2,21,22,25). The second-order valence-electron chi connectivity index (χ2n) is 5.74. The molecule has 0 fully saturated rings. The number of nitrogens with one attached hydrogen (secondary N) is 2. The third kappa shape index (κ3) is 4.72. The molecule has 0 aliphatic heterocycles. The van der Waals surface area contributed by atoms with E-state index in [2.05, 4.69) is 20.8 Å². The summed E-state index contributed by atoms with van der Waals surface area (Å²) in [6.07, 6.45) is 0. The first-order valence-electron chi connectivity index (χ1n) is 8.47. The number of rotatable bonds is 7. The second-order valence-corrected chi connectivity index (χ2v) is 5.74. The zero-order chi connectivity index (χ0) is 20.8. The van der Waals surface area contributed by atoms with Crippen LogP contribution in [0.2, 0.25) is 0 Å². The van der Waals surface area contributed by atoms with Crippen LogP contribution in [0.15, 0.2) is 40.9 Å². The summed E-state index contributed by atoms with van der Waals surface area (Å²) in [6, 6.07) is 8.37. The van der Waals surface area contributed by atoms with Crippen LogP contribution in [0.4, 0.5) is 14.9 Å². The lowest BCUT2D eigenvalue weighted by molar-refractivity contribution is 0.249. The van der Waals surface area contributed by atoms with E-state index < -0.39 is 11.8 Å². The summed E-state index contributed by atoms with van der Waals surface area (Å²) < 4.78 is 34.2. The number of methoxy groups -OCH3 is 3. The molecule has 0 aliphatic rings. The van der Waals surface area contributed by atoms with Crippen molar-refractivity contribution in [2.45, 2.75) is 6.54 Å². The fraction of sp³-hybridized carbons (Fsp3) is 0.211. The maximum absolute atomic E-state index is 13.2. The Balaban J connectivity index is 1.68. The molecule has 0 aliphatic carbocycles. The van der Waals surface area contributed by atoms with Crippen molar-refractivity contribution in [1.82, 2.24) is 15.5 Å². The minimum Gasteiger partial charge on any atom is -0.493 e. The summed E-state index contributed by atoms with van der Waals surface area (Å²) in [7, 11) is 4.51. The summed E-state index contributed by atoms with van der Waals surface area (Å²) in [5.41, 5.74) is 0.907. The lowest BCUT2D eigenvalue weighted by Crippen LogP contribution is -2.28. The highest BCUT2D eigenvalue weighted by Gasteiger charge is 2.17. The normalized spacial score (nSPS) is 10.3. The summed E-state index contributed by atoms with van der Waals surface area (Å²) in [4.78, 5) is 16.2. The largest absolute Gasteiger partial charge is 0.493 e. The number of hydrogen-bond acceptors (Lipinski definition) is 7. The Labute approximate surface area is 165 Å². The molecule has 0 saturated heterocycles. The fourth-order valence-electron chi connectivity index (χ4n) is 2.55. The number of halogens is 1. The van der Waals surface area contributed by atoms with Crippen molar-refractivity contribution in [3.8, 4) is 28.6 Å². The number of ether oxygens (including phenoxy) is 3.